The van der Waals surface area contributed by atoms with Gasteiger partial charge in [-0.05, 0) is 58.2 Å². The topological polar surface area (TPSA) is 87.0 Å². The molecule has 0 saturated carbocycles. The molecule has 0 radical (unpaired) electrons. The third kappa shape index (κ3) is 3.68. The Kier molecular flexibility index (Phi) is 4.71. The summed E-state index contributed by atoms with van der Waals surface area (Å²) in [6.07, 6.45) is 0.984. The maximum absolute atomic E-state index is 12.1. The molecule has 7 heteroatoms. The zero-order valence-electron chi connectivity index (χ0n) is 13.0. The number of hydrogen-bond acceptors (Lipinski definition) is 3. The van der Waals surface area contributed by atoms with E-state index in [1.165, 1.54) is 0 Å². The fourth-order valence-electron chi connectivity index (χ4n) is 2.46. The number of fused-ring (bicyclic) bond motifs is 1. The smallest absolute Gasteiger partial charge is 0.323 e. The van der Waals surface area contributed by atoms with Crippen molar-refractivity contribution in [2.24, 2.45) is 0 Å². The summed E-state index contributed by atoms with van der Waals surface area (Å²) in [6.45, 7) is 0. The molecule has 0 fully saturated rings. The van der Waals surface area contributed by atoms with Crippen LogP contribution in [0.3, 0.4) is 0 Å². The zero-order valence-corrected chi connectivity index (χ0v) is 14.6. The maximum Gasteiger partial charge on any atom is 0.323 e. The van der Waals surface area contributed by atoms with Crippen LogP contribution in [0.15, 0.2) is 45.7 Å². The van der Waals surface area contributed by atoms with Crippen LogP contribution in [0.5, 0.6) is 5.75 Å². The van der Waals surface area contributed by atoms with Crippen LogP contribution in [0.4, 0.5) is 5.69 Å². The number of hydrogen-bond donors (Lipinski definition) is 3. The maximum atomic E-state index is 12.1. The number of nitrogens with one attached hydrogen (secondary N) is 3. The molecule has 0 saturated heterocycles. The molecule has 124 valence electrons. The van der Waals surface area contributed by atoms with E-state index in [-0.39, 0.29) is 11.6 Å². The first-order valence-electron chi connectivity index (χ1n) is 7.39. The number of amides is 1. The number of aromatic nitrogens is 2. The Hall–Kier alpha value is -2.54. The van der Waals surface area contributed by atoms with Crippen molar-refractivity contribution in [2.45, 2.75) is 12.8 Å². The van der Waals surface area contributed by atoms with E-state index >= 15 is 0 Å². The van der Waals surface area contributed by atoms with Crippen molar-refractivity contribution in [1.29, 1.82) is 0 Å². The molecule has 3 N–H and O–H groups in total. The summed E-state index contributed by atoms with van der Waals surface area (Å²) in [5, 5.41) is 2.84. The third-order valence-electron chi connectivity index (χ3n) is 3.66. The molecule has 0 aliphatic carbocycles. The largest absolute Gasteiger partial charge is 0.496 e. The van der Waals surface area contributed by atoms with E-state index in [2.05, 4.69) is 31.2 Å². The number of carbonyl (C=O) groups excluding carboxylic acids is 1. The standard InChI is InChI=1S/C17H16BrN3O3/c1-24-15-6-2-10(8-12(15)18)3-7-16(22)19-11-4-5-13-14(9-11)21-17(23)20-13/h2,4-6,8-9H,3,7H2,1H3,(H,19,22)(H2,20,21,23). The number of anilines is 1. The molecular weight excluding hydrogens is 374 g/mol. The number of imidazole rings is 1. The van der Waals surface area contributed by atoms with Crippen molar-refractivity contribution in [3.8, 4) is 5.75 Å². The van der Waals surface area contributed by atoms with Crippen molar-refractivity contribution in [1.82, 2.24) is 9.97 Å². The molecule has 0 unspecified atom stereocenters. The Morgan fingerprint density at radius 3 is 2.71 bits per heavy atom. The van der Waals surface area contributed by atoms with E-state index in [0.717, 1.165) is 15.8 Å². The van der Waals surface area contributed by atoms with Crippen molar-refractivity contribution in [3.63, 3.8) is 0 Å². The fourth-order valence-corrected chi connectivity index (χ4v) is 3.05. The molecule has 1 aromatic heterocycles. The van der Waals surface area contributed by atoms with Gasteiger partial charge in [0.05, 0.1) is 22.6 Å². The van der Waals surface area contributed by atoms with Crippen LogP contribution >= 0.6 is 15.9 Å². The summed E-state index contributed by atoms with van der Waals surface area (Å²) >= 11 is 3.44. The fraction of sp³-hybridized carbons (Fsp3) is 0.176. The number of rotatable bonds is 5. The predicted molar refractivity (Wildman–Crippen MR) is 96.6 cm³/mol. The van der Waals surface area contributed by atoms with Gasteiger partial charge in [0.15, 0.2) is 0 Å². The van der Waals surface area contributed by atoms with Gasteiger partial charge in [-0.2, -0.15) is 0 Å². The van der Waals surface area contributed by atoms with Gasteiger partial charge in [0.1, 0.15) is 5.75 Å². The minimum Gasteiger partial charge on any atom is -0.496 e. The van der Waals surface area contributed by atoms with Gasteiger partial charge in [-0.1, -0.05) is 6.07 Å². The summed E-state index contributed by atoms with van der Waals surface area (Å²) in [4.78, 5) is 28.7. The van der Waals surface area contributed by atoms with Crippen molar-refractivity contribution in [2.75, 3.05) is 12.4 Å². The monoisotopic (exact) mass is 389 g/mol. The van der Waals surface area contributed by atoms with Crippen LogP contribution in [-0.4, -0.2) is 23.0 Å². The average molecular weight is 390 g/mol. The first kappa shape index (κ1) is 16.3. The molecule has 0 atom stereocenters. The highest BCUT2D eigenvalue weighted by molar-refractivity contribution is 9.10. The lowest BCUT2D eigenvalue weighted by Gasteiger charge is -2.07. The van der Waals surface area contributed by atoms with Crippen LogP contribution in [0.25, 0.3) is 11.0 Å². The lowest BCUT2D eigenvalue weighted by Crippen LogP contribution is -2.12. The van der Waals surface area contributed by atoms with Gasteiger partial charge in [0, 0.05) is 12.1 Å². The van der Waals surface area contributed by atoms with Gasteiger partial charge in [0.25, 0.3) is 0 Å². The Labute approximate surface area is 146 Å². The highest BCUT2D eigenvalue weighted by atomic mass is 79.9. The van der Waals surface area contributed by atoms with Gasteiger partial charge >= 0.3 is 5.69 Å². The second-order valence-corrected chi connectivity index (χ2v) is 6.21. The Morgan fingerprint density at radius 1 is 1.17 bits per heavy atom. The van der Waals surface area contributed by atoms with Crippen LogP contribution in [-0.2, 0) is 11.2 Å². The molecule has 1 heterocycles. The first-order chi connectivity index (χ1) is 11.5. The molecule has 1 amide bonds. The molecule has 2 aromatic carbocycles. The van der Waals surface area contributed by atoms with E-state index in [1.54, 1.807) is 25.3 Å². The predicted octanol–water partition coefficient (Wildman–Crippen LogP) is 3.20. The lowest BCUT2D eigenvalue weighted by molar-refractivity contribution is -0.116. The van der Waals surface area contributed by atoms with Crippen LogP contribution in [0.1, 0.15) is 12.0 Å². The summed E-state index contributed by atoms with van der Waals surface area (Å²) in [5.74, 6) is 0.677. The highest BCUT2D eigenvalue weighted by Crippen LogP contribution is 2.26. The SMILES string of the molecule is COc1ccc(CCC(=O)Nc2ccc3[nH]c(=O)[nH]c3c2)cc1Br. The number of H-pyrrole nitrogens is 2. The highest BCUT2D eigenvalue weighted by Gasteiger charge is 2.07. The Morgan fingerprint density at radius 2 is 1.96 bits per heavy atom. The minimum absolute atomic E-state index is 0.0841. The number of carbonyl (C=O) groups is 1. The molecule has 6 nitrogen and oxygen atoms in total. The van der Waals surface area contributed by atoms with Crippen molar-refractivity contribution < 1.29 is 9.53 Å². The van der Waals surface area contributed by atoms with E-state index < -0.39 is 0 Å². The molecule has 24 heavy (non-hydrogen) atoms. The number of benzene rings is 2. The quantitative estimate of drug-likeness (QED) is 0.625. The molecule has 3 rings (SSSR count). The van der Waals surface area contributed by atoms with Gasteiger partial charge in [-0.15, -0.1) is 0 Å². The molecular formula is C17H16BrN3O3. The first-order valence-corrected chi connectivity index (χ1v) is 8.19. The van der Waals surface area contributed by atoms with Crippen LogP contribution in [0, 0.1) is 0 Å². The number of halogens is 1. The average Bonchev–Trinajstić information content (AvgIpc) is 2.92. The van der Waals surface area contributed by atoms with Gasteiger partial charge in [0.2, 0.25) is 5.91 Å². The Balaban J connectivity index is 1.62. The van der Waals surface area contributed by atoms with Crippen molar-refractivity contribution in [3.05, 3.63) is 56.9 Å². The molecule has 0 aliphatic heterocycles. The van der Waals surface area contributed by atoms with Gasteiger partial charge < -0.3 is 20.0 Å². The summed E-state index contributed by atoms with van der Waals surface area (Å²) in [6, 6.07) is 11.0. The molecule has 0 bridgehead atoms. The van der Waals surface area contributed by atoms with E-state index in [4.69, 9.17) is 4.74 Å². The van der Waals surface area contributed by atoms with Crippen LogP contribution < -0.4 is 15.7 Å². The summed E-state index contributed by atoms with van der Waals surface area (Å²) in [7, 11) is 1.61. The second kappa shape index (κ2) is 6.92. The minimum atomic E-state index is -0.265. The van der Waals surface area contributed by atoms with Crippen molar-refractivity contribution >= 4 is 38.6 Å². The summed E-state index contributed by atoms with van der Waals surface area (Å²) in [5.41, 5.74) is 2.80. The molecule has 3 aromatic rings. The van der Waals surface area contributed by atoms with E-state index in [1.807, 2.05) is 18.2 Å². The normalized spacial score (nSPS) is 10.8. The zero-order chi connectivity index (χ0) is 17.1. The van der Waals surface area contributed by atoms with Gasteiger partial charge in [-0.3, -0.25) is 4.79 Å². The van der Waals surface area contributed by atoms with Crippen LogP contribution in [0.2, 0.25) is 0 Å². The molecule has 0 aliphatic rings. The second-order valence-electron chi connectivity index (χ2n) is 5.36. The number of aromatic amines is 2. The van der Waals surface area contributed by atoms with Gasteiger partial charge in [-0.25, -0.2) is 4.79 Å². The third-order valence-corrected chi connectivity index (χ3v) is 4.28. The number of aryl methyl sites for hydroxylation is 1. The Bertz CT molecular complexity index is 946. The summed E-state index contributed by atoms with van der Waals surface area (Å²) < 4.78 is 6.05. The van der Waals surface area contributed by atoms with E-state index in [9.17, 15) is 9.59 Å². The number of ether oxygens (including phenoxy) is 1. The van der Waals surface area contributed by atoms with E-state index in [0.29, 0.717) is 29.6 Å². The molecule has 0 spiro atoms. The lowest BCUT2D eigenvalue weighted by atomic mass is 10.1. The number of methoxy groups -OCH3 is 1.